The molecule has 0 aliphatic carbocycles. The number of hydrogen-bond acceptors (Lipinski definition) is 3. The molecular weight excluding hydrogens is 271 g/mol. The number of aliphatic hydroxyl groups is 1. The van der Waals surface area contributed by atoms with Crippen LogP contribution < -0.4 is 4.74 Å². The highest BCUT2D eigenvalue weighted by Crippen LogP contribution is 2.21. The number of ether oxygens (including phenoxy) is 2. The van der Waals surface area contributed by atoms with Crippen LogP contribution in [0.4, 0.5) is 4.39 Å². The summed E-state index contributed by atoms with van der Waals surface area (Å²) in [5.74, 6) is 0.740. The van der Waals surface area contributed by atoms with E-state index in [0.717, 1.165) is 11.3 Å². The molecule has 21 heavy (non-hydrogen) atoms. The largest absolute Gasteiger partial charge is 0.497 e. The number of hydrogen-bond donors (Lipinski definition) is 1. The van der Waals surface area contributed by atoms with Gasteiger partial charge in [0.15, 0.2) is 6.17 Å². The molecule has 0 fully saturated rings. The Morgan fingerprint density at radius 1 is 1.10 bits per heavy atom. The third-order valence-corrected chi connectivity index (χ3v) is 3.15. The first-order valence-electron chi connectivity index (χ1n) is 6.78. The van der Waals surface area contributed by atoms with Crippen LogP contribution in [0.5, 0.6) is 5.75 Å². The van der Waals surface area contributed by atoms with E-state index < -0.39 is 12.3 Å². The Morgan fingerprint density at radius 2 is 1.86 bits per heavy atom. The molecule has 0 aliphatic rings. The van der Waals surface area contributed by atoms with Crippen molar-refractivity contribution in [2.24, 2.45) is 0 Å². The zero-order valence-corrected chi connectivity index (χ0v) is 11.9. The van der Waals surface area contributed by atoms with E-state index in [-0.39, 0.29) is 6.61 Å². The van der Waals surface area contributed by atoms with E-state index in [1.54, 1.807) is 31.4 Å². The Balaban J connectivity index is 1.82. The van der Waals surface area contributed by atoms with Gasteiger partial charge in [-0.15, -0.1) is 0 Å². The summed E-state index contributed by atoms with van der Waals surface area (Å²) in [5.41, 5.74) is 1.37. The fraction of sp³-hybridized carbons (Fsp3) is 0.294. The number of alkyl halides is 1. The van der Waals surface area contributed by atoms with Gasteiger partial charge in [-0.05, 0) is 23.3 Å². The van der Waals surface area contributed by atoms with Gasteiger partial charge in [0, 0.05) is 0 Å². The lowest BCUT2D eigenvalue weighted by atomic mass is 10.1. The molecule has 0 saturated carbocycles. The van der Waals surface area contributed by atoms with Crippen molar-refractivity contribution in [3.8, 4) is 5.75 Å². The highest BCUT2D eigenvalue weighted by molar-refractivity contribution is 5.27. The Hall–Kier alpha value is -1.91. The Morgan fingerprint density at radius 3 is 2.57 bits per heavy atom. The predicted molar refractivity (Wildman–Crippen MR) is 78.9 cm³/mol. The Labute approximate surface area is 124 Å². The molecule has 0 heterocycles. The van der Waals surface area contributed by atoms with Crippen LogP contribution in [0, 0.1) is 0 Å². The first-order chi connectivity index (χ1) is 10.2. The second-order valence-corrected chi connectivity index (χ2v) is 4.75. The third-order valence-electron chi connectivity index (χ3n) is 3.15. The lowest BCUT2D eigenvalue weighted by molar-refractivity contribution is -0.0136. The van der Waals surface area contributed by atoms with Crippen molar-refractivity contribution in [3.63, 3.8) is 0 Å². The molecule has 0 radical (unpaired) electrons. The zero-order chi connectivity index (χ0) is 15.1. The van der Waals surface area contributed by atoms with Crippen molar-refractivity contribution in [3.05, 3.63) is 65.7 Å². The lowest BCUT2D eigenvalue weighted by Crippen LogP contribution is -2.21. The third kappa shape index (κ3) is 4.55. The number of methoxy groups -OCH3 is 1. The molecule has 2 aromatic carbocycles. The monoisotopic (exact) mass is 290 g/mol. The molecule has 0 spiro atoms. The quantitative estimate of drug-likeness (QED) is 0.850. The zero-order valence-electron chi connectivity index (χ0n) is 11.9. The molecule has 0 unspecified atom stereocenters. The highest BCUT2D eigenvalue weighted by atomic mass is 19.1. The van der Waals surface area contributed by atoms with E-state index in [1.807, 2.05) is 30.3 Å². The van der Waals surface area contributed by atoms with Gasteiger partial charge in [0.1, 0.15) is 11.9 Å². The van der Waals surface area contributed by atoms with Crippen molar-refractivity contribution in [1.82, 2.24) is 0 Å². The molecule has 0 aromatic heterocycles. The maximum absolute atomic E-state index is 14.0. The van der Waals surface area contributed by atoms with Gasteiger partial charge in [0.2, 0.25) is 0 Å². The van der Waals surface area contributed by atoms with Crippen molar-refractivity contribution >= 4 is 0 Å². The van der Waals surface area contributed by atoms with E-state index in [1.165, 1.54) is 0 Å². The molecule has 4 heteroatoms. The smallest absolute Gasteiger partial charge is 0.153 e. The van der Waals surface area contributed by atoms with Gasteiger partial charge in [-0.25, -0.2) is 4.39 Å². The predicted octanol–water partition coefficient (Wildman–Crippen LogP) is 3.28. The summed E-state index contributed by atoms with van der Waals surface area (Å²) in [4.78, 5) is 0. The molecule has 2 rings (SSSR count). The van der Waals surface area contributed by atoms with Gasteiger partial charge in [0.25, 0.3) is 0 Å². The van der Waals surface area contributed by atoms with Gasteiger partial charge >= 0.3 is 0 Å². The molecule has 1 N–H and O–H groups in total. The van der Waals surface area contributed by atoms with Gasteiger partial charge in [-0.1, -0.05) is 42.5 Å². The molecule has 0 aliphatic heterocycles. The minimum atomic E-state index is -1.45. The summed E-state index contributed by atoms with van der Waals surface area (Å²) in [7, 11) is 1.59. The van der Waals surface area contributed by atoms with Gasteiger partial charge < -0.3 is 14.6 Å². The van der Waals surface area contributed by atoms with Crippen LogP contribution in [-0.2, 0) is 11.3 Å². The Kier molecular flexibility index (Phi) is 5.72. The van der Waals surface area contributed by atoms with E-state index in [0.29, 0.717) is 12.2 Å². The summed E-state index contributed by atoms with van der Waals surface area (Å²) in [6.45, 7) is 0.239. The van der Waals surface area contributed by atoms with Gasteiger partial charge in [-0.2, -0.15) is 0 Å². The lowest BCUT2D eigenvalue weighted by Gasteiger charge is -2.16. The molecular formula is C17H19FO3. The number of benzene rings is 2. The van der Waals surface area contributed by atoms with Crippen molar-refractivity contribution < 1.29 is 19.0 Å². The summed E-state index contributed by atoms with van der Waals surface area (Å²) in [6.07, 6.45) is -2.63. The molecule has 0 saturated heterocycles. The average molecular weight is 290 g/mol. The van der Waals surface area contributed by atoms with E-state index in [2.05, 4.69) is 0 Å². The van der Waals surface area contributed by atoms with Crippen molar-refractivity contribution in [2.75, 3.05) is 13.7 Å². The van der Waals surface area contributed by atoms with E-state index >= 15 is 0 Å². The molecule has 2 aromatic rings. The van der Waals surface area contributed by atoms with Crippen LogP contribution in [0.2, 0.25) is 0 Å². The normalized spacial score (nSPS) is 13.7. The maximum Gasteiger partial charge on any atom is 0.153 e. The van der Waals surface area contributed by atoms with Crippen LogP contribution >= 0.6 is 0 Å². The Bertz CT molecular complexity index is 545. The summed E-state index contributed by atoms with van der Waals surface area (Å²) >= 11 is 0. The fourth-order valence-electron chi connectivity index (χ4n) is 2.00. The molecule has 112 valence electrons. The summed E-state index contributed by atoms with van der Waals surface area (Å²) < 4.78 is 24.5. The van der Waals surface area contributed by atoms with E-state index in [4.69, 9.17) is 9.47 Å². The SMILES string of the molecule is COc1cccc(COC[C@H](O)[C@H](F)c2ccccc2)c1. The standard InChI is InChI=1S/C17H19FO3/c1-20-15-9-5-6-13(10-15)11-21-12-16(19)17(18)14-7-3-2-4-8-14/h2-10,16-17,19H,11-12H2,1H3/t16-,17+/m0/s1. The molecule has 2 atom stereocenters. The first kappa shape index (κ1) is 15.5. The van der Waals surface area contributed by atoms with E-state index in [9.17, 15) is 9.50 Å². The number of rotatable bonds is 7. The maximum atomic E-state index is 14.0. The topological polar surface area (TPSA) is 38.7 Å². The van der Waals surface area contributed by atoms with Crippen LogP contribution in [-0.4, -0.2) is 24.9 Å². The molecule has 0 bridgehead atoms. The second-order valence-electron chi connectivity index (χ2n) is 4.75. The second kappa shape index (κ2) is 7.76. The molecule has 0 amide bonds. The minimum Gasteiger partial charge on any atom is -0.497 e. The highest BCUT2D eigenvalue weighted by Gasteiger charge is 2.20. The van der Waals surface area contributed by atoms with Crippen LogP contribution in [0.25, 0.3) is 0 Å². The first-order valence-corrected chi connectivity index (χ1v) is 6.78. The van der Waals surface area contributed by atoms with Crippen molar-refractivity contribution in [1.29, 1.82) is 0 Å². The summed E-state index contributed by atoms with van der Waals surface area (Å²) in [6, 6.07) is 16.0. The average Bonchev–Trinajstić information content (AvgIpc) is 2.55. The number of halogens is 1. The van der Waals surface area contributed by atoms with Crippen LogP contribution in [0.15, 0.2) is 54.6 Å². The van der Waals surface area contributed by atoms with Crippen LogP contribution in [0.3, 0.4) is 0 Å². The van der Waals surface area contributed by atoms with Crippen LogP contribution in [0.1, 0.15) is 17.3 Å². The molecule has 3 nitrogen and oxygen atoms in total. The van der Waals surface area contributed by atoms with Crippen molar-refractivity contribution in [2.45, 2.75) is 18.9 Å². The minimum absolute atomic E-state index is 0.0622. The van der Waals surface area contributed by atoms with Gasteiger partial charge in [0.05, 0.1) is 20.3 Å². The van der Waals surface area contributed by atoms with Gasteiger partial charge in [-0.3, -0.25) is 0 Å². The summed E-state index contributed by atoms with van der Waals surface area (Å²) in [5, 5.41) is 9.83. The fourth-order valence-corrected chi connectivity index (χ4v) is 2.00. The number of aliphatic hydroxyl groups excluding tert-OH is 1.